The summed E-state index contributed by atoms with van der Waals surface area (Å²) in [6.07, 6.45) is 2.30. The zero-order valence-corrected chi connectivity index (χ0v) is 15.5. The van der Waals surface area contributed by atoms with Gasteiger partial charge < -0.3 is 19.5 Å². The van der Waals surface area contributed by atoms with Crippen molar-refractivity contribution in [2.75, 3.05) is 26.6 Å². The zero-order valence-electron chi connectivity index (χ0n) is 15.5. The number of unbranched alkanes of at least 4 members (excludes halogenated alkanes) is 1. The van der Waals surface area contributed by atoms with Gasteiger partial charge in [-0.05, 0) is 25.5 Å². The molecule has 7 nitrogen and oxygen atoms in total. The van der Waals surface area contributed by atoms with E-state index >= 15 is 0 Å². The van der Waals surface area contributed by atoms with Crippen molar-refractivity contribution in [1.29, 1.82) is 0 Å². The molecule has 1 rings (SSSR count). The molecule has 0 spiro atoms. The Kier molecular flexibility index (Phi) is 8.21. The van der Waals surface area contributed by atoms with Crippen molar-refractivity contribution in [2.45, 2.75) is 44.8 Å². The van der Waals surface area contributed by atoms with Gasteiger partial charge in [0.1, 0.15) is 11.8 Å². The molecule has 0 aliphatic heterocycles. The predicted octanol–water partition coefficient (Wildman–Crippen LogP) is 2.32. The number of ether oxygens (including phenoxy) is 3. The van der Waals surface area contributed by atoms with E-state index in [4.69, 9.17) is 14.2 Å². The summed E-state index contributed by atoms with van der Waals surface area (Å²) in [6, 6.07) is 6.51. The minimum atomic E-state index is -1.31. The largest absolute Gasteiger partial charge is 0.497 e. The Labute approximate surface area is 149 Å². The molecule has 0 saturated heterocycles. The van der Waals surface area contributed by atoms with Crippen LogP contribution in [0.3, 0.4) is 0 Å². The second-order valence-electron chi connectivity index (χ2n) is 5.84. The van der Waals surface area contributed by atoms with Gasteiger partial charge in [-0.25, -0.2) is 4.79 Å². The highest BCUT2D eigenvalue weighted by Crippen LogP contribution is 2.21. The predicted molar refractivity (Wildman–Crippen MR) is 95.5 cm³/mol. The smallest absolute Gasteiger partial charge is 0.346 e. The number of carbonyl (C=O) groups is 2. The lowest BCUT2D eigenvalue weighted by atomic mass is 10.1. The SMILES string of the molecule is CCCCC(N[C@@](C)(Nc1cccc(OC)c1)C(=O)OC)C(=O)OC. The Morgan fingerprint density at radius 2 is 1.92 bits per heavy atom. The van der Waals surface area contributed by atoms with E-state index in [1.807, 2.05) is 6.92 Å². The summed E-state index contributed by atoms with van der Waals surface area (Å²) in [6.45, 7) is 3.66. The Morgan fingerprint density at radius 3 is 2.48 bits per heavy atom. The van der Waals surface area contributed by atoms with Gasteiger partial charge in [-0.15, -0.1) is 0 Å². The standard InChI is InChI=1S/C18H28N2O5/c1-6-7-11-15(16(21)24-4)20-18(2,17(22)25-5)19-13-9-8-10-14(12-13)23-3/h8-10,12,15,19-20H,6-7,11H2,1-5H3/t15?,18-/m1/s1. The third kappa shape index (κ3) is 5.94. The van der Waals surface area contributed by atoms with Crippen LogP contribution >= 0.6 is 0 Å². The molecule has 0 aromatic heterocycles. The molecule has 0 saturated carbocycles. The number of esters is 2. The minimum Gasteiger partial charge on any atom is -0.497 e. The summed E-state index contributed by atoms with van der Waals surface area (Å²) in [5.41, 5.74) is -0.660. The first kappa shape index (κ1) is 20.8. The maximum atomic E-state index is 12.4. The lowest BCUT2D eigenvalue weighted by molar-refractivity contribution is -0.149. The summed E-state index contributed by atoms with van der Waals surface area (Å²) in [4.78, 5) is 24.5. The van der Waals surface area contributed by atoms with E-state index in [1.54, 1.807) is 38.3 Å². The molecule has 1 aromatic rings. The van der Waals surface area contributed by atoms with Crippen molar-refractivity contribution in [3.8, 4) is 5.75 Å². The second kappa shape index (κ2) is 9.88. The summed E-state index contributed by atoms with van der Waals surface area (Å²) in [5.74, 6) is -0.315. The van der Waals surface area contributed by atoms with Crippen LogP contribution in [0.1, 0.15) is 33.1 Å². The van der Waals surface area contributed by atoms with Crippen molar-refractivity contribution < 1.29 is 23.8 Å². The third-order valence-corrected chi connectivity index (χ3v) is 3.85. The average molecular weight is 352 g/mol. The molecule has 0 bridgehead atoms. The number of rotatable bonds is 10. The van der Waals surface area contributed by atoms with Crippen LogP contribution in [-0.4, -0.2) is 45.0 Å². The minimum absolute atomic E-state index is 0.420. The molecular weight excluding hydrogens is 324 g/mol. The molecule has 0 fully saturated rings. The topological polar surface area (TPSA) is 85.9 Å². The highest BCUT2D eigenvalue weighted by Gasteiger charge is 2.38. The lowest BCUT2D eigenvalue weighted by Crippen LogP contribution is -2.61. The Hall–Kier alpha value is -2.28. The quantitative estimate of drug-likeness (QED) is 0.494. The molecule has 0 aliphatic carbocycles. The number of hydrogen-bond donors (Lipinski definition) is 2. The van der Waals surface area contributed by atoms with Gasteiger partial charge in [0.2, 0.25) is 0 Å². The Morgan fingerprint density at radius 1 is 1.20 bits per heavy atom. The molecule has 25 heavy (non-hydrogen) atoms. The monoisotopic (exact) mass is 352 g/mol. The van der Waals surface area contributed by atoms with E-state index in [-0.39, 0.29) is 0 Å². The Balaban J connectivity index is 3.06. The van der Waals surface area contributed by atoms with E-state index in [0.29, 0.717) is 17.9 Å². The van der Waals surface area contributed by atoms with Gasteiger partial charge in [0.05, 0.1) is 21.3 Å². The van der Waals surface area contributed by atoms with Crippen molar-refractivity contribution in [3.05, 3.63) is 24.3 Å². The second-order valence-corrected chi connectivity index (χ2v) is 5.84. The lowest BCUT2D eigenvalue weighted by Gasteiger charge is -2.33. The zero-order chi connectivity index (χ0) is 18.9. The average Bonchev–Trinajstić information content (AvgIpc) is 2.63. The molecule has 140 valence electrons. The Bertz CT molecular complexity index is 578. The van der Waals surface area contributed by atoms with Crippen LogP contribution in [0.2, 0.25) is 0 Å². The maximum absolute atomic E-state index is 12.4. The fourth-order valence-corrected chi connectivity index (χ4v) is 2.49. The molecule has 0 amide bonds. The van der Waals surface area contributed by atoms with Crippen molar-refractivity contribution >= 4 is 17.6 Å². The number of benzene rings is 1. The molecule has 0 heterocycles. The van der Waals surface area contributed by atoms with Crippen LogP contribution in [0.25, 0.3) is 0 Å². The molecular formula is C18H28N2O5. The number of methoxy groups -OCH3 is 3. The number of hydrogen-bond acceptors (Lipinski definition) is 7. The molecule has 2 N–H and O–H groups in total. The van der Waals surface area contributed by atoms with Gasteiger partial charge in [0.25, 0.3) is 0 Å². The first-order valence-electron chi connectivity index (χ1n) is 8.26. The van der Waals surface area contributed by atoms with Gasteiger partial charge in [0, 0.05) is 11.8 Å². The molecule has 1 aromatic carbocycles. The van der Waals surface area contributed by atoms with E-state index in [2.05, 4.69) is 10.6 Å². The van der Waals surface area contributed by atoms with Gasteiger partial charge in [-0.1, -0.05) is 25.8 Å². The first-order valence-corrected chi connectivity index (χ1v) is 8.26. The van der Waals surface area contributed by atoms with Gasteiger partial charge in [-0.3, -0.25) is 10.1 Å². The molecule has 2 atom stereocenters. The summed E-state index contributed by atoms with van der Waals surface area (Å²) in [7, 11) is 4.19. The van der Waals surface area contributed by atoms with Crippen LogP contribution in [-0.2, 0) is 19.1 Å². The molecule has 1 unspecified atom stereocenters. The van der Waals surface area contributed by atoms with Crippen LogP contribution < -0.4 is 15.4 Å². The van der Waals surface area contributed by atoms with Crippen molar-refractivity contribution in [3.63, 3.8) is 0 Å². The van der Waals surface area contributed by atoms with E-state index < -0.39 is 23.6 Å². The summed E-state index contributed by atoms with van der Waals surface area (Å²) >= 11 is 0. The molecule has 0 radical (unpaired) electrons. The number of carbonyl (C=O) groups excluding carboxylic acids is 2. The van der Waals surface area contributed by atoms with E-state index in [0.717, 1.165) is 12.8 Å². The fourth-order valence-electron chi connectivity index (χ4n) is 2.49. The normalized spacial score (nSPS) is 14.1. The molecule has 7 heteroatoms. The third-order valence-electron chi connectivity index (χ3n) is 3.85. The van der Waals surface area contributed by atoms with Crippen LogP contribution in [0.4, 0.5) is 5.69 Å². The van der Waals surface area contributed by atoms with Crippen LogP contribution in [0.15, 0.2) is 24.3 Å². The van der Waals surface area contributed by atoms with Gasteiger partial charge in [0.15, 0.2) is 5.66 Å². The molecule has 0 aliphatic rings. The van der Waals surface area contributed by atoms with E-state index in [1.165, 1.54) is 14.2 Å². The van der Waals surface area contributed by atoms with Crippen molar-refractivity contribution in [2.24, 2.45) is 0 Å². The summed E-state index contributed by atoms with van der Waals surface area (Å²) in [5, 5.41) is 6.14. The van der Waals surface area contributed by atoms with Gasteiger partial charge in [-0.2, -0.15) is 0 Å². The van der Waals surface area contributed by atoms with E-state index in [9.17, 15) is 9.59 Å². The van der Waals surface area contributed by atoms with Crippen LogP contribution in [0, 0.1) is 0 Å². The van der Waals surface area contributed by atoms with Crippen LogP contribution in [0.5, 0.6) is 5.75 Å². The number of anilines is 1. The fraction of sp³-hybridized carbons (Fsp3) is 0.556. The van der Waals surface area contributed by atoms with Crippen molar-refractivity contribution in [1.82, 2.24) is 5.32 Å². The maximum Gasteiger partial charge on any atom is 0.346 e. The number of nitrogens with one attached hydrogen (secondary N) is 2. The van der Waals surface area contributed by atoms with Gasteiger partial charge >= 0.3 is 11.9 Å². The first-order chi connectivity index (χ1) is 11.9. The summed E-state index contributed by atoms with van der Waals surface area (Å²) < 4.78 is 15.0. The highest BCUT2D eigenvalue weighted by atomic mass is 16.5. The highest BCUT2D eigenvalue weighted by molar-refractivity contribution is 5.85.